The lowest BCUT2D eigenvalue weighted by Crippen LogP contribution is -2.26. The van der Waals surface area contributed by atoms with Crippen LogP contribution in [0.3, 0.4) is 0 Å². The third kappa shape index (κ3) is 4.44. The Labute approximate surface area is 103 Å². The molecule has 0 saturated heterocycles. The summed E-state index contributed by atoms with van der Waals surface area (Å²) in [5.41, 5.74) is 3.75. The van der Waals surface area contributed by atoms with E-state index in [0.717, 1.165) is 12.8 Å². The number of anilines is 1. The molecule has 0 heterocycles. The summed E-state index contributed by atoms with van der Waals surface area (Å²) in [6, 6.07) is 7.20. The average Bonchev–Trinajstić information content (AvgIpc) is 2.34. The molecule has 0 aliphatic heterocycles. The maximum atomic E-state index is 11.9. The zero-order valence-corrected chi connectivity index (χ0v) is 10.5. The van der Waals surface area contributed by atoms with Gasteiger partial charge in [0.05, 0.1) is 11.3 Å². The summed E-state index contributed by atoms with van der Waals surface area (Å²) < 4.78 is 0. The Morgan fingerprint density at radius 1 is 1.35 bits per heavy atom. The number of carbonyl (C=O) groups is 1. The normalized spacial score (nSPS) is 10.4. The number of rotatable bonds is 6. The standard InChI is InChI=1S/C13H21N3O/c1-10(2)6-5-9-15-13(17)11-7-3-4-8-12(11)16-14/h3-4,7-8,10,16H,5-6,9,14H2,1-2H3,(H,15,17). The second-order valence-corrected chi connectivity index (χ2v) is 4.48. The fraction of sp³-hybridized carbons (Fsp3) is 0.462. The molecule has 1 aromatic carbocycles. The quantitative estimate of drug-likeness (QED) is 0.402. The molecular formula is C13H21N3O. The maximum Gasteiger partial charge on any atom is 0.253 e. The molecule has 4 N–H and O–H groups in total. The van der Waals surface area contributed by atoms with E-state index in [-0.39, 0.29) is 5.91 Å². The molecule has 4 nitrogen and oxygen atoms in total. The Morgan fingerprint density at radius 3 is 2.71 bits per heavy atom. The van der Waals surface area contributed by atoms with Gasteiger partial charge in [0.1, 0.15) is 0 Å². The van der Waals surface area contributed by atoms with E-state index in [4.69, 9.17) is 5.84 Å². The minimum Gasteiger partial charge on any atom is -0.352 e. The van der Waals surface area contributed by atoms with Crippen LogP contribution in [0.2, 0.25) is 0 Å². The summed E-state index contributed by atoms with van der Waals surface area (Å²) in [6.07, 6.45) is 2.12. The molecule has 0 atom stereocenters. The summed E-state index contributed by atoms with van der Waals surface area (Å²) in [5.74, 6) is 5.94. The van der Waals surface area contributed by atoms with Crippen molar-refractivity contribution in [1.82, 2.24) is 5.32 Å². The van der Waals surface area contributed by atoms with Gasteiger partial charge >= 0.3 is 0 Å². The molecule has 0 spiro atoms. The largest absolute Gasteiger partial charge is 0.352 e. The SMILES string of the molecule is CC(C)CCCNC(=O)c1ccccc1NN. The number of para-hydroxylation sites is 1. The fourth-order valence-corrected chi connectivity index (χ4v) is 1.61. The predicted molar refractivity (Wildman–Crippen MR) is 70.7 cm³/mol. The van der Waals surface area contributed by atoms with Crippen molar-refractivity contribution < 1.29 is 4.79 Å². The van der Waals surface area contributed by atoms with Gasteiger partial charge in [-0.25, -0.2) is 0 Å². The van der Waals surface area contributed by atoms with Crippen molar-refractivity contribution >= 4 is 11.6 Å². The van der Waals surface area contributed by atoms with Gasteiger partial charge < -0.3 is 10.7 Å². The molecule has 0 bridgehead atoms. The van der Waals surface area contributed by atoms with Gasteiger partial charge in [-0.05, 0) is 30.9 Å². The van der Waals surface area contributed by atoms with E-state index in [0.29, 0.717) is 23.7 Å². The van der Waals surface area contributed by atoms with Gasteiger partial charge in [-0.15, -0.1) is 0 Å². The highest BCUT2D eigenvalue weighted by atomic mass is 16.1. The third-order valence-electron chi connectivity index (χ3n) is 2.57. The van der Waals surface area contributed by atoms with Gasteiger partial charge in [0.15, 0.2) is 0 Å². The lowest BCUT2D eigenvalue weighted by atomic mass is 10.1. The molecule has 4 heteroatoms. The van der Waals surface area contributed by atoms with Gasteiger partial charge in [-0.2, -0.15) is 0 Å². The summed E-state index contributed by atoms with van der Waals surface area (Å²) >= 11 is 0. The molecular weight excluding hydrogens is 214 g/mol. The second kappa shape index (κ2) is 6.91. The molecule has 94 valence electrons. The number of hydrogen-bond acceptors (Lipinski definition) is 3. The molecule has 0 unspecified atom stereocenters. The van der Waals surface area contributed by atoms with Crippen molar-refractivity contribution in [2.45, 2.75) is 26.7 Å². The van der Waals surface area contributed by atoms with Crippen LogP contribution in [0.15, 0.2) is 24.3 Å². The lowest BCUT2D eigenvalue weighted by molar-refractivity contribution is 0.0953. The van der Waals surface area contributed by atoms with Crippen LogP contribution in [-0.4, -0.2) is 12.5 Å². The van der Waals surface area contributed by atoms with Gasteiger partial charge in [-0.3, -0.25) is 10.6 Å². The first kappa shape index (κ1) is 13.5. The van der Waals surface area contributed by atoms with Crippen molar-refractivity contribution in [3.8, 4) is 0 Å². The van der Waals surface area contributed by atoms with Crippen LogP contribution >= 0.6 is 0 Å². The highest BCUT2D eigenvalue weighted by Gasteiger charge is 2.08. The first-order valence-corrected chi connectivity index (χ1v) is 5.99. The topological polar surface area (TPSA) is 67.2 Å². The zero-order chi connectivity index (χ0) is 12.7. The first-order chi connectivity index (χ1) is 8.15. The molecule has 0 aromatic heterocycles. The Balaban J connectivity index is 2.47. The van der Waals surface area contributed by atoms with Gasteiger partial charge in [-0.1, -0.05) is 26.0 Å². The van der Waals surface area contributed by atoms with Gasteiger partial charge in [0.2, 0.25) is 0 Å². The van der Waals surface area contributed by atoms with E-state index < -0.39 is 0 Å². The van der Waals surface area contributed by atoms with E-state index in [1.54, 1.807) is 12.1 Å². The van der Waals surface area contributed by atoms with Crippen molar-refractivity contribution in [3.63, 3.8) is 0 Å². The van der Waals surface area contributed by atoms with Crippen LogP contribution in [0.25, 0.3) is 0 Å². The minimum atomic E-state index is -0.0812. The van der Waals surface area contributed by atoms with E-state index in [1.165, 1.54) is 0 Å². The van der Waals surface area contributed by atoms with Crippen LogP contribution < -0.4 is 16.6 Å². The molecule has 0 aliphatic carbocycles. The number of nitrogens with two attached hydrogens (primary N) is 1. The molecule has 1 aromatic rings. The number of nitrogens with one attached hydrogen (secondary N) is 2. The van der Waals surface area contributed by atoms with Gasteiger partial charge in [0, 0.05) is 6.54 Å². The van der Waals surface area contributed by atoms with Crippen molar-refractivity contribution in [2.75, 3.05) is 12.0 Å². The van der Waals surface area contributed by atoms with E-state index in [1.807, 2.05) is 12.1 Å². The molecule has 0 aliphatic rings. The molecule has 17 heavy (non-hydrogen) atoms. The summed E-state index contributed by atoms with van der Waals surface area (Å²) in [4.78, 5) is 11.9. The van der Waals surface area contributed by atoms with Crippen LogP contribution in [0, 0.1) is 5.92 Å². The Kier molecular flexibility index (Phi) is 5.49. The number of nitrogen functional groups attached to an aromatic ring is 1. The summed E-state index contributed by atoms with van der Waals surface area (Å²) in [5, 5.41) is 2.89. The smallest absolute Gasteiger partial charge is 0.253 e. The Morgan fingerprint density at radius 2 is 2.06 bits per heavy atom. The lowest BCUT2D eigenvalue weighted by Gasteiger charge is -2.10. The van der Waals surface area contributed by atoms with E-state index in [9.17, 15) is 4.79 Å². The van der Waals surface area contributed by atoms with Crippen molar-refractivity contribution in [2.24, 2.45) is 11.8 Å². The highest BCUT2D eigenvalue weighted by molar-refractivity contribution is 5.99. The van der Waals surface area contributed by atoms with Crippen LogP contribution in [-0.2, 0) is 0 Å². The first-order valence-electron chi connectivity index (χ1n) is 5.99. The van der Waals surface area contributed by atoms with Gasteiger partial charge in [0.25, 0.3) is 5.91 Å². The fourth-order valence-electron chi connectivity index (χ4n) is 1.61. The maximum absolute atomic E-state index is 11.9. The number of benzene rings is 1. The highest BCUT2D eigenvalue weighted by Crippen LogP contribution is 2.13. The van der Waals surface area contributed by atoms with Crippen molar-refractivity contribution in [1.29, 1.82) is 0 Å². The Hall–Kier alpha value is -1.55. The molecule has 1 rings (SSSR count). The van der Waals surface area contributed by atoms with Crippen LogP contribution in [0.4, 0.5) is 5.69 Å². The average molecular weight is 235 g/mol. The number of carbonyl (C=O) groups excluding carboxylic acids is 1. The third-order valence-corrected chi connectivity index (χ3v) is 2.57. The minimum absolute atomic E-state index is 0.0812. The van der Waals surface area contributed by atoms with Crippen LogP contribution in [0.1, 0.15) is 37.0 Å². The van der Waals surface area contributed by atoms with Crippen LogP contribution in [0.5, 0.6) is 0 Å². The monoisotopic (exact) mass is 235 g/mol. The van der Waals surface area contributed by atoms with E-state index in [2.05, 4.69) is 24.6 Å². The van der Waals surface area contributed by atoms with E-state index >= 15 is 0 Å². The number of hydrazine groups is 1. The Bertz CT molecular complexity index is 363. The number of hydrogen-bond donors (Lipinski definition) is 3. The summed E-state index contributed by atoms with van der Waals surface area (Å²) in [6.45, 7) is 5.06. The number of amides is 1. The summed E-state index contributed by atoms with van der Waals surface area (Å²) in [7, 11) is 0. The molecule has 0 fully saturated rings. The van der Waals surface area contributed by atoms with Crippen molar-refractivity contribution in [3.05, 3.63) is 29.8 Å². The second-order valence-electron chi connectivity index (χ2n) is 4.48. The molecule has 0 saturated carbocycles. The molecule has 0 radical (unpaired) electrons. The predicted octanol–water partition coefficient (Wildman–Crippen LogP) is 2.14. The zero-order valence-electron chi connectivity index (χ0n) is 10.5. The molecule has 1 amide bonds.